The van der Waals surface area contributed by atoms with Crippen molar-refractivity contribution in [2.75, 3.05) is 25.5 Å². The molecule has 1 aliphatic heterocycles. The second-order valence-corrected chi connectivity index (χ2v) is 9.46. The number of anilines is 1. The molecule has 1 unspecified atom stereocenters. The van der Waals surface area contributed by atoms with Gasteiger partial charge in [0.2, 0.25) is 15.9 Å². The number of sulfonamides is 1. The average Bonchev–Trinajstić information content (AvgIpc) is 2.79. The Morgan fingerprint density at radius 3 is 2.30 bits per heavy atom. The number of piperidine rings is 1. The third-order valence-corrected chi connectivity index (χ3v) is 7.58. The van der Waals surface area contributed by atoms with E-state index in [9.17, 15) is 13.2 Å². The van der Waals surface area contributed by atoms with Gasteiger partial charge in [0.05, 0.1) is 17.9 Å². The van der Waals surface area contributed by atoms with Crippen molar-refractivity contribution in [2.45, 2.75) is 44.4 Å². The van der Waals surface area contributed by atoms with Gasteiger partial charge in [0.25, 0.3) is 0 Å². The zero-order valence-corrected chi connectivity index (χ0v) is 18.7. The van der Waals surface area contributed by atoms with Crippen LogP contribution in [0.4, 0.5) is 5.69 Å². The number of aryl methyl sites for hydroxylation is 2. The Kier molecular flexibility index (Phi) is 7.15. The minimum absolute atomic E-state index is 0.111. The van der Waals surface area contributed by atoms with Gasteiger partial charge in [-0.15, -0.1) is 0 Å². The molecule has 6 nitrogen and oxygen atoms in total. The first-order chi connectivity index (χ1) is 14.4. The molecule has 3 rings (SSSR count). The first-order valence-corrected chi connectivity index (χ1v) is 11.9. The lowest BCUT2D eigenvalue weighted by Crippen LogP contribution is -2.43. The van der Waals surface area contributed by atoms with Gasteiger partial charge in [-0.2, -0.15) is 4.31 Å². The Bertz CT molecular complexity index is 965. The van der Waals surface area contributed by atoms with Gasteiger partial charge in [0.15, 0.2) is 0 Å². The fourth-order valence-electron chi connectivity index (χ4n) is 3.90. The van der Waals surface area contributed by atoms with E-state index in [1.165, 1.54) is 11.4 Å². The van der Waals surface area contributed by atoms with Crippen LogP contribution in [0.3, 0.4) is 0 Å². The number of ether oxygens (including phenoxy) is 1. The van der Waals surface area contributed by atoms with Crippen molar-refractivity contribution in [3.63, 3.8) is 0 Å². The summed E-state index contributed by atoms with van der Waals surface area (Å²) < 4.78 is 32.7. The lowest BCUT2D eigenvalue weighted by molar-refractivity contribution is -0.120. The van der Waals surface area contributed by atoms with Crippen LogP contribution in [0, 0.1) is 5.92 Å². The van der Waals surface area contributed by atoms with Crippen LogP contribution in [0.25, 0.3) is 0 Å². The molecule has 2 aromatic carbocycles. The zero-order chi connectivity index (χ0) is 21.7. The van der Waals surface area contributed by atoms with E-state index >= 15 is 0 Å². The van der Waals surface area contributed by atoms with Crippen LogP contribution in [-0.2, 0) is 27.7 Å². The van der Waals surface area contributed by atoms with Crippen LogP contribution in [0.2, 0.25) is 0 Å². The molecule has 0 radical (unpaired) electrons. The summed E-state index contributed by atoms with van der Waals surface area (Å²) in [6, 6.07) is 12.4. The second kappa shape index (κ2) is 9.62. The van der Waals surface area contributed by atoms with Gasteiger partial charge in [-0.1, -0.05) is 32.0 Å². The number of rotatable bonds is 7. The lowest BCUT2D eigenvalue weighted by atomic mass is 9.97. The summed E-state index contributed by atoms with van der Waals surface area (Å²) in [6.07, 6.45) is 2.98. The summed E-state index contributed by atoms with van der Waals surface area (Å²) in [4.78, 5) is 13.3. The Labute approximate surface area is 179 Å². The third-order valence-electron chi connectivity index (χ3n) is 5.70. The summed E-state index contributed by atoms with van der Waals surface area (Å²) in [7, 11) is -2.11. The number of amides is 1. The Morgan fingerprint density at radius 1 is 1.10 bits per heavy atom. The quantitative estimate of drug-likeness (QED) is 0.724. The minimum Gasteiger partial charge on any atom is -0.497 e. The number of carbonyl (C=O) groups is 1. The van der Waals surface area contributed by atoms with E-state index in [1.807, 2.05) is 18.2 Å². The standard InChI is InChI=1S/C23H30N2O4S/c1-4-17-8-6-9-18(5-2)22(17)24-23(26)19-10-7-15-25(16-19)30(27,28)21-13-11-20(29-3)12-14-21/h6,8-9,11-14,19H,4-5,7,10,15-16H2,1-3H3,(H,24,26). The van der Waals surface area contributed by atoms with E-state index in [0.29, 0.717) is 25.1 Å². The molecule has 1 saturated heterocycles. The number of nitrogens with zero attached hydrogens (tertiary/aromatic N) is 1. The molecule has 1 amide bonds. The van der Waals surface area contributed by atoms with Gasteiger partial charge in [-0.05, 0) is 61.1 Å². The highest BCUT2D eigenvalue weighted by atomic mass is 32.2. The molecule has 1 N–H and O–H groups in total. The van der Waals surface area contributed by atoms with Crippen LogP contribution in [0.15, 0.2) is 47.4 Å². The Morgan fingerprint density at radius 2 is 1.73 bits per heavy atom. The van der Waals surface area contributed by atoms with E-state index < -0.39 is 10.0 Å². The van der Waals surface area contributed by atoms with E-state index in [1.54, 1.807) is 24.3 Å². The van der Waals surface area contributed by atoms with Gasteiger partial charge in [0, 0.05) is 18.8 Å². The molecule has 162 valence electrons. The molecule has 7 heteroatoms. The number of carbonyl (C=O) groups excluding carboxylic acids is 1. The highest BCUT2D eigenvalue weighted by Crippen LogP contribution is 2.28. The molecule has 1 atom stereocenters. The summed E-state index contributed by atoms with van der Waals surface area (Å²) in [5, 5.41) is 3.10. The maximum atomic E-state index is 13.1. The van der Waals surface area contributed by atoms with Crippen molar-refractivity contribution >= 4 is 21.6 Å². The molecular weight excluding hydrogens is 400 g/mol. The van der Waals surface area contributed by atoms with Crippen LogP contribution in [0.1, 0.15) is 37.8 Å². The first-order valence-electron chi connectivity index (χ1n) is 10.5. The lowest BCUT2D eigenvalue weighted by Gasteiger charge is -2.31. The highest BCUT2D eigenvalue weighted by molar-refractivity contribution is 7.89. The summed E-state index contributed by atoms with van der Waals surface area (Å²) in [6.45, 7) is 4.74. The molecule has 1 aliphatic rings. The van der Waals surface area contributed by atoms with Crippen LogP contribution < -0.4 is 10.1 Å². The number of hydrogen-bond acceptors (Lipinski definition) is 4. The molecule has 1 heterocycles. The summed E-state index contributed by atoms with van der Waals surface area (Å²) >= 11 is 0. The zero-order valence-electron chi connectivity index (χ0n) is 17.8. The van der Waals surface area contributed by atoms with Gasteiger partial charge in [0.1, 0.15) is 5.75 Å². The average molecular weight is 431 g/mol. The van der Waals surface area contributed by atoms with Gasteiger partial charge in [-0.3, -0.25) is 4.79 Å². The van der Waals surface area contributed by atoms with E-state index in [4.69, 9.17) is 4.74 Å². The topological polar surface area (TPSA) is 75.7 Å². The number of para-hydroxylation sites is 1. The number of hydrogen-bond donors (Lipinski definition) is 1. The van der Waals surface area contributed by atoms with Crippen molar-refractivity contribution < 1.29 is 17.9 Å². The molecule has 30 heavy (non-hydrogen) atoms. The van der Waals surface area contributed by atoms with E-state index in [-0.39, 0.29) is 23.3 Å². The molecule has 0 saturated carbocycles. The normalized spacial score (nSPS) is 17.5. The second-order valence-electron chi connectivity index (χ2n) is 7.53. The predicted octanol–water partition coefficient (Wildman–Crippen LogP) is 3.86. The van der Waals surface area contributed by atoms with Gasteiger partial charge in [-0.25, -0.2) is 8.42 Å². The maximum absolute atomic E-state index is 13.1. The number of benzene rings is 2. The Balaban J connectivity index is 1.76. The van der Waals surface area contributed by atoms with Crippen LogP contribution >= 0.6 is 0 Å². The number of nitrogens with one attached hydrogen (secondary N) is 1. The SMILES string of the molecule is CCc1cccc(CC)c1NC(=O)C1CCCN(S(=O)(=O)c2ccc(OC)cc2)C1. The smallest absolute Gasteiger partial charge is 0.243 e. The monoisotopic (exact) mass is 430 g/mol. The van der Waals surface area contributed by atoms with Crippen molar-refractivity contribution in [1.82, 2.24) is 4.31 Å². The first kappa shape index (κ1) is 22.3. The Hall–Kier alpha value is -2.38. The molecule has 1 fully saturated rings. The molecular formula is C23H30N2O4S. The van der Waals surface area contributed by atoms with Crippen molar-refractivity contribution in [3.05, 3.63) is 53.6 Å². The van der Waals surface area contributed by atoms with Crippen LogP contribution in [0.5, 0.6) is 5.75 Å². The molecule has 0 aromatic heterocycles. The largest absolute Gasteiger partial charge is 0.497 e. The molecule has 0 aliphatic carbocycles. The highest BCUT2D eigenvalue weighted by Gasteiger charge is 2.33. The molecule has 0 spiro atoms. The van der Waals surface area contributed by atoms with E-state index in [2.05, 4.69) is 19.2 Å². The van der Waals surface area contributed by atoms with Crippen LogP contribution in [-0.4, -0.2) is 38.8 Å². The molecule has 0 bridgehead atoms. The summed E-state index contributed by atoms with van der Waals surface area (Å²) in [5.41, 5.74) is 3.07. The van der Waals surface area contributed by atoms with Crippen molar-refractivity contribution in [1.29, 1.82) is 0 Å². The third kappa shape index (κ3) is 4.68. The number of methoxy groups -OCH3 is 1. The molecule has 2 aromatic rings. The van der Waals surface area contributed by atoms with E-state index in [0.717, 1.165) is 29.7 Å². The fourth-order valence-corrected chi connectivity index (χ4v) is 5.42. The van der Waals surface area contributed by atoms with Crippen molar-refractivity contribution in [3.8, 4) is 5.75 Å². The summed E-state index contributed by atoms with van der Waals surface area (Å²) in [5.74, 6) is 0.118. The van der Waals surface area contributed by atoms with Gasteiger partial charge >= 0.3 is 0 Å². The maximum Gasteiger partial charge on any atom is 0.243 e. The van der Waals surface area contributed by atoms with Crippen molar-refractivity contribution in [2.24, 2.45) is 5.92 Å². The predicted molar refractivity (Wildman–Crippen MR) is 118 cm³/mol. The minimum atomic E-state index is -3.65. The van der Waals surface area contributed by atoms with Gasteiger partial charge < -0.3 is 10.1 Å². The fraction of sp³-hybridized carbons (Fsp3) is 0.435.